The summed E-state index contributed by atoms with van der Waals surface area (Å²) < 4.78 is 51.6. The number of aromatic nitrogens is 1. The molecule has 1 aromatic heterocycles. The number of hydrogen-bond donors (Lipinski definition) is 1. The first-order chi connectivity index (χ1) is 21.5. The van der Waals surface area contributed by atoms with E-state index in [9.17, 15) is 32.3 Å². The first-order valence-corrected chi connectivity index (χ1v) is 15.2. The van der Waals surface area contributed by atoms with Crippen molar-refractivity contribution in [1.82, 2.24) is 4.57 Å². The maximum absolute atomic E-state index is 14.1. The molecule has 1 saturated heterocycles. The van der Waals surface area contributed by atoms with Gasteiger partial charge in [0.2, 0.25) is 17.7 Å². The zero-order chi connectivity index (χ0) is 32.0. The molecule has 14 heteroatoms. The number of hydrogen-bond acceptors (Lipinski definition) is 8. The molecule has 2 aliphatic heterocycles. The normalized spacial score (nSPS) is 19.2. The molecule has 0 radical (unpaired) electrons. The van der Waals surface area contributed by atoms with Gasteiger partial charge in [0.05, 0.1) is 36.4 Å². The number of carbonyl (C=O) groups is 3. The maximum Gasteiger partial charge on any atom is 0.416 e. The Hall–Kier alpha value is -4.56. The van der Waals surface area contributed by atoms with Crippen molar-refractivity contribution < 1.29 is 37.0 Å². The maximum atomic E-state index is 14.1. The van der Waals surface area contributed by atoms with Crippen LogP contribution in [0.1, 0.15) is 21.9 Å². The summed E-state index contributed by atoms with van der Waals surface area (Å²) in [5, 5.41) is 1.82. The fourth-order valence-electron chi connectivity index (χ4n) is 5.62. The predicted molar refractivity (Wildman–Crippen MR) is 162 cm³/mol. The van der Waals surface area contributed by atoms with Crippen molar-refractivity contribution in [2.24, 2.45) is 5.92 Å². The summed E-state index contributed by atoms with van der Waals surface area (Å²) in [6, 6.07) is 17.7. The lowest BCUT2D eigenvalue weighted by Crippen LogP contribution is -2.33. The van der Waals surface area contributed by atoms with Gasteiger partial charge in [-0.25, -0.2) is 4.90 Å². The molecule has 0 saturated carbocycles. The minimum absolute atomic E-state index is 0.0849. The summed E-state index contributed by atoms with van der Waals surface area (Å²) in [5.41, 5.74) is -0.0624. The van der Waals surface area contributed by atoms with Crippen molar-refractivity contribution in [2.45, 2.75) is 28.9 Å². The van der Waals surface area contributed by atoms with Crippen LogP contribution in [-0.2, 0) is 27.1 Å². The number of ether oxygens (including phenoxy) is 2. The van der Waals surface area contributed by atoms with Crippen LogP contribution in [0.15, 0.2) is 82.6 Å². The van der Waals surface area contributed by atoms with E-state index in [1.807, 2.05) is 0 Å². The second-order valence-corrected chi connectivity index (χ2v) is 12.4. The molecule has 3 aromatic carbocycles. The number of amides is 3. The Bertz CT molecular complexity index is 1870. The molecule has 3 amide bonds. The number of alkyl halides is 3. The SMILES string of the molecule is COc1ccc(N2C(=O)C3Sc4c(sc(=O)n4CC(=O)Nc4cccc(C(F)(F)F)c4)[C@H](c4ccccc4OC)C3C2=O)cc1. The molecule has 0 aliphatic carbocycles. The monoisotopic (exact) mass is 655 g/mol. The van der Waals surface area contributed by atoms with E-state index in [0.717, 1.165) is 40.1 Å². The molecule has 0 bridgehead atoms. The van der Waals surface area contributed by atoms with E-state index < -0.39 is 58.0 Å². The number of rotatable bonds is 7. The molecule has 1 fully saturated rings. The zero-order valence-corrected chi connectivity index (χ0v) is 25.3. The van der Waals surface area contributed by atoms with Crippen LogP contribution in [0.4, 0.5) is 24.5 Å². The highest BCUT2D eigenvalue weighted by Gasteiger charge is 2.57. The molecule has 45 heavy (non-hydrogen) atoms. The van der Waals surface area contributed by atoms with Crippen LogP contribution in [0.25, 0.3) is 0 Å². The average Bonchev–Trinajstić information content (AvgIpc) is 3.46. The molecule has 3 heterocycles. The number of nitrogens with one attached hydrogen (secondary N) is 1. The predicted octanol–water partition coefficient (Wildman–Crippen LogP) is 5.38. The lowest BCUT2D eigenvalue weighted by molar-refractivity contribution is -0.137. The number of fused-ring (bicyclic) bond motifs is 2. The number of carbonyl (C=O) groups excluding carboxylic acids is 3. The van der Waals surface area contributed by atoms with Crippen molar-refractivity contribution >= 4 is 52.2 Å². The highest BCUT2D eigenvalue weighted by Crippen LogP contribution is 2.55. The van der Waals surface area contributed by atoms with Crippen LogP contribution >= 0.6 is 23.1 Å². The van der Waals surface area contributed by atoms with Crippen molar-refractivity contribution in [3.8, 4) is 11.5 Å². The van der Waals surface area contributed by atoms with E-state index in [2.05, 4.69) is 5.32 Å². The fourth-order valence-corrected chi connectivity index (χ4v) is 8.38. The van der Waals surface area contributed by atoms with Gasteiger partial charge in [0, 0.05) is 22.0 Å². The van der Waals surface area contributed by atoms with E-state index >= 15 is 0 Å². The molecule has 1 N–H and O–H groups in total. The van der Waals surface area contributed by atoms with Gasteiger partial charge in [-0.2, -0.15) is 13.2 Å². The number of methoxy groups -OCH3 is 2. The fraction of sp³-hybridized carbons (Fsp3) is 0.226. The minimum atomic E-state index is -4.60. The first-order valence-electron chi connectivity index (χ1n) is 13.5. The van der Waals surface area contributed by atoms with E-state index in [4.69, 9.17) is 9.47 Å². The Labute approximate surface area is 262 Å². The van der Waals surface area contributed by atoms with Gasteiger partial charge in [0.1, 0.15) is 23.3 Å². The van der Waals surface area contributed by atoms with Crippen LogP contribution in [0.2, 0.25) is 0 Å². The van der Waals surface area contributed by atoms with Gasteiger partial charge in [-0.15, -0.1) is 0 Å². The molecule has 9 nitrogen and oxygen atoms in total. The quantitative estimate of drug-likeness (QED) is 0.267. The Morgan fingerprint density at radius 3 is 2.36 bits per heavy atom. The van der Waals surface area contributed by atoms with Crippen molar-refractivity contribution in [3.63, 3.8) is 0 Å². The van der Waals surface area contributed by atoms with E-state index in [-0.39, 0.29) is 5.69 Å². The van der Waals surface area contributed by atoms with E-state index in [0.29, 0.717) is 32.7 Å². The second kappa shape index (κ2) is 11.7. The highest BCUT2D eigenvalue weighted by molar-refractivity contribution is 8.00. The third-order valence-corrected chi connectivity index (χ3v) is 10.2. The number of para-hydroxylation sites is 1. The lowest BCUT2D eigenvalue weighted by Gasteiger charge is -2.31. The summed E-state index contributed by atoms with van der Waals surface area (Å²) in [7, 11) is 2.98. The smallest absolute Gasteiger partial charge is 0.416 e. The Balaban J connectivity index is 1.39. The molecule has 0 spiro atoms. The summed E-state index contributed by atoms with van der Waals surface area (Å²) in [5.74, 6) is -2.31. The van der Waals surface area contributed by atoms with E-state index in [1.54, 1.807) is 48.5 Å². The number of thioether (sulfide) groups is 1. The Kier molecular flexibility index (Phi) is 7.95. The molecule has 4 aromatic rings. The van der Waals surface area contributed by atoms with E-state index in [1.165, 1.54) is 30.9 Å². The van der Waals surface area contributed by atoms with Crippen LogP contribution < -0.4 is 24.6 Å². The Morgan fingerprint density at radius 2 is 1.67 bits per heavy atom. The first kappa shape index (κ1) is 30.5. The second-order valence-electron chi connectivity index (χ2n) is 10.2. The van der Waals surface area contributed by atoms with Crippen LogP contribution in [0, 0.1) is 5.92 Å². The summed E-state index contributed by atoms with van der Waals surface area (Å²) in [4.78, 5) is 55.5. The number of halogens is 3. The Morgan fingerprint density at radius 1 is 0.933 bits per heavy atom. The van der Waals surface area contributed by atoms with Gasteiger partial charge in [-0.3, -0.25) is 23.7 Å². The van der Waals surface area contributed by atoms with Gasteiger partial charge in [0.15, 0.2) is 0 Å². The molecule has 2 aliphatic rings. The topological polar surface area (TPSA) is 107 Å². The number of anilines is 2. The van der Waals surface area contributed by atoms with Crippen LogP contribution in [0.3, 0.4) is 0 Å². The van der Waals surface area contributed by atoms with Gasteiger partial charge in [-0.05, 0) is 48.5 Å². The van der Waals surface area contributed by atoms with Crippen molar-refractivity contribution in [3.05, 3.63) is 98.5 Å². The number of benzene rings is 3. The summed E-state index contributed by atoms with van der Waals surface area (Å²) >= 11 is 1.88. The van der Waals surface area contributed by atoms with Gasteiger partial charge < -0.3 is 14.8 Å². The molecular weight excluding hydrogens is 631 g/mol. The molecule has 6 rings (SSSR count). The van der Waals surface area contributed by atoms with Gasteiger partial charge in [0.25, 0.3) is 0 Å². The van der Waals surface area contributed by atoms with Crippen molar-refractivity contribution in [1.29, 1.82) is 0 Å². The molecular formula is C31H24F3N3O6S2. The third kappa shape index (κ3) is 5.48. The van der Waals surface area contributed by atoms with Crippen LogP contribution in [-0.4, -0.2) is 41.8 Å². The zero-order valence-electron chi connectivity index (χ0n) is 23.7. The lowest BCUT2D eigenvalue weighted by atomic mass is 9.82. The van der Waals surface area contributed by atoms with Crippen molar-refractivity contribution in [2.75, 3.05) is 24.4 Å². The largest absolute Gasteiger partial charge is 0.497 e. The van der Waals surface area contributed by atoms with Gasteiger partial charge >= 0.3 is 11.0 Å². The van der Waals surface area contributed by atoms with Gasteiger partial charge in [-0.1, -0.05) is 47.4 Å². The summed E-state index contributed by atoms with van der Waals surface area (Å²) in [6.07, 6.45) is -4.60. The van der Waals surface area contributed by atoms with Crippen LogP contribution in [0.5, 0.6) is 11.5 Å². The average molecular weight is 656 g/mol. The number of nitrogens with zero attached hydrogens (tertiary/aromatic N) is 2. The minimum Gasteiger partial charge on any atom is -0.497 e. The molecule has 232 valence electrons. The third-order valence-electron chi connectivity index (χ3n) is 7.63. The number of thiazole rings is 1. The highest BCUT2D eigenvalue weighted by atomic mass is 32.2. The standard InChI is InChI=1S/C31H24F3N3O6S2/c1-42-19-12-10-18(11-13-19)37-27(39)24-23(20-8-3-4-9-21(20)43-2)26-29(44-25(24)28(37)40)36(30(41)45-26)15-22(38)35-17-7-5-6-16(14-17)31(32,33)34/h3-14,23-25H,15H2,1-2H3,(H,35,38)/t23-,24?,25?/m1/s1. The number of imide groups is 1. The summed E-state index contributed by atoms with van der Waals surface area (Å²) in [6.45, 7) is -0.520. The molecule has 3 atom stereocenters. The molecule has 2 unspecified atom stereocenters.